The normalized spacial score (nSPS) is 11.6. The van der Waals surface area contributed by atoms with Crippen LogP contribution < -0.4 is 10.1 Å². The lowest BCUT2D eigenvalue weighted by Gasteiger charge is -2.20. The molecule has 3 aromatic carbocycles. The maximum Gasteiger partial charge on any atom is 0.258 e. The van der Waals surface area contributed by atoms with E-state index in [2.05, 4.69) is 5.32 Å². The second kappa shape index (κ2) is 8.54. The van der Waals surface area contributed by atoms with Gasteiger partial charge in [0.1, 0.15) is 5.75 Å². The fraction of sp³-hybridized carbons (Fsp3) is 0.136. The zero-order valence-electron chi connectivity index (χ0n) is 14.5. The van der Waals surface area contributed by atoms with Crippen LogP contribution in [0.25, 0.3) is 0 Å². The molecule has 26 heavy (non-hydrogen) atoms. The summed E-state index contributed by atoms with van der Waals surface area (Å²) in [5.74, 6) is 0.422. The lowest BCUT2D eigenvalue weighted by Crippen LogP contribution is -2.33. The predicted molar refractivity (Wildman–Crippen MR) is 105 cm³/mol. The zero-order valence-corrected chi connectivity index (χ0v) is 15.2. The van der Waals surface area contributed by atoms with Crippen molar-refractivity contribution in [3.05, 3.63) is 101 Å². The number of aryl methyl sites for hydroxylation is 1. The van der Waals surface area contributed by atoms with Crippen LogP contribution >= 0.6 is 11.6 Å². The van der Waals surface area contributed by atoms with Gasteiger partial charge in [0, 0.05) is 5.02 Å². The minimum Gasteiger partial charge on any atom is -0.484 e. The van der Waals surface area contributed by atoms with Crippen molar-refractivity contribution in [3.63, 3.8) is 0 Å². The molecule has 0 radical (unpaired) electrons. The highest BCUT2D eigenvalue weighted by molar-refractivity contribution is 6.30. The van der Waals surface area contributed by atoms with E-state index in [4.69, 9.17) is 16.3 Å². The average molecular weight is 366 g/mol. The molecule has 0 aromatic heterocycles. The van der Waals surface area contributed by atoms with Gasteiger partial charge in [-0.2, -0.15) is 0 Å². The largest absolute Gasteiger partial charge is 0.484 e. The number of nitrogens with one attached hydrogen (secondary N) is 1. The van der Waals surface area contributed by atoms with Crippen LogP contribution in [0.1, 0.15) is 22.7 Å². The Morgan fingerprint density at radius 1 is 0.923 bits per heavy atom. The molecule has 0 aliphatic heterocycles. The van der Waals surface area contributed by atoms with Gasteiger partial charge >= 0.3 is 0 Å². The van der Waals surface area contributed by atoms with Crippen LogP contribution in [0.4, 0.5) is 0 Å². The molecule has 4 heteroatoms. The molecule has 0 saturated carbocycles. The number of carbonyl (C=O) groups is 1. The zero-order chi connectivity index (χ0) is 18.4. The van der Waals surface area contributed by atoms with Crippen molar-refractivity contribution >= 4 is 17.5 Å². The third-order valence-electron chi connectivity index (χ3n) is 4.03. The van der Waals surface area contributed by atoms with E-state index in [1.54, 1.807) is 24.3 Å². The highest BCUT2D eigenvalue weighted by Gasteiger charge is 2.17. The first-order valence-electron chi connectivity index (χ1n) is 8.41. The number of halogens is 1. The van der Waals surface area contributed by atoms with Gasteiger partial charge in [-0.3, -0.25) is 4.79 Å². The fourth-order valence-electron chi connectivity index (χ4n) is 2.65. The topological polar surface area (TPSA) is 38.3 Å². The molecule has 0 aliphatic rings. The van der Waals surface area contributed by atoms with Crippen molar-refractivity contribution in [2.24, 2.45) is 0 Å². The molecule has 1 N–H and O–H groups in total. The minimum atomic E-state index is -0.224. The summed E-state index contributed by atoms with van der Waals surface area (Å²) in [5.41, 5.74) is 3.23. The highest BCUT2D eigenvalue weighted by atomic mass is 35.5. The van der Waals surface area contributed by atoms with E-state index >= 15 is 0 Å². The van der Waals surface area contributed by atoms with Crippen LogP contribution in [0, 0.1) is 6.92 Å². The molecule has 0 bridgehead atoms. The van der Waals surface area contributed by atoms with Gasteiger partial charge in [0.05, 0.1) is 6.04 Å². The number of amides is 1. The Labute approximate surface area is 158 Å². The Morgan fingerprint density at radius 3 is 2.19 bits per heavy atom. The summed E-state index contributed by atoms with van der Waals surface area (Å²) >= 11 is 5.86. The van der Waals surface area contributed by atoms with Crippen molar-refractivity contribution in [2.75, 3.05) is 6.61 Å². The molecule has 0 fully saturated rings. The SMILES string of the molecule is Cc1ccc([C@H](NC(=O)COc2ccc(Cl)cc2)c2ccccc2)cc1. The molecule has 3 rings (SSSR count). The Balaban J connectivity index is 1.71. The van der Waals surface area contributed by atoms with Crippen LogP contribution in [0.5, 0.6) is 5.75 Å². The van der Waals surface area contributed by atoms with Crippen molar-refractivity contribution in [1.29, 1.82) is 0 Å². The summed E-state index contributed by atoms with van der Waals surface area (Å²) in [5, 5.41) is 3.69. The molecule has 3 nitrogen and oxygen atoms in total. The molecular weight excluding hydrogens is 346 g/mol. The predicted octanol–water partition coefficient (Wildman–Crippen LogP) is 4.93. The number of hydrogen-bond donors (Lipinski definition) is 1. The van der Waals surface area contributed by atoms with Gasteiger partial charge in [-0.05, 0) is 42.3 Å². The Hall–Kier alpha value is -2.78. The van der Waals surface area contributed by atoms with E-state index in [1.807, 2.05) is 61.5 Å². The first kappa shape index (κ1) is 18.0. The van der Waals surface area contributed by atoms with Gasteiger partial charge in [0.15, 0.2) is 6.61 Å². The smallest absolute Gasteiger partial charge is 0.258 e. The van der Waals surface area contributed by atoms with Crippen LogP contribution in [0.3, 0.4) is 0 Å². The van der Waals surface area contributed by atoms with Gasteiger partial charge in [0.2, 0.25) is 0 Å². The highest BCUT2D eigenvalue weighted by Crippen LogP contribution is 2.22. The van der Waals surface area contributed by atoms with Crippen LogP contribution in [0.2, 0.25) is 5.02 Å². The maximum absolute atomic E-state index is 12.4. The molecule has 1 amide bonds. The lowest BCUT2D eigenvalue weighted by molar-refractivity contribution is -0.123. The average Bonchev–Trinajstić information content (AvgIpc) is 2.67. The Kier molecular flexibility index (Phi) is 5.92. The van der Waals surface area contributed by atoms with E-state index in [0.29, 0.717) is 10.8 Å². The van der Waals surface area contributed by atoms with Gasteiger partial charge in [0.25, 0.3) is 5.91 Å². The van der Waals surface area contributed by atoms with E-state index in [1.165, 1.54) is 5.56 Å². The number of carbonyl (C=O) groups excluding carboxylic acids is 1. The van der Waals surface area contributed by atoms with E-state index < -0.39 is 0 Å². The van der Waals surface area contributed by atoms with E-state index in [9.17, 15) is 4.79 Å². The standard InChI is InChI=1S/C22H20ClNO2/c1-16-7-9-18(10-8-16)22(17-5-3-2-4-6-17)24-21(25)15-26-20-13-11-19(23)12-14-20/h2-14,22H,15H2,1H3,(H,24,25)/t22-/m1/s1. The van der Waals surface area contributed by atoms with Crippen LogP contribution in [0.15, 0.2) is 78.9 Å². The van der Waals surface area contributed by atoms with Gasteiger partial charge in [-0.15, -0.1) is 0 Å². The molecule has 0 unspecified atom stereocenters. The Bertz CT molecular complexity index is 846. The first-order chi connectivity index (χ1) is 12.6. The number of rotatable bonds is 6. The summed E-state index contributed by atoms with van der Waals surface area (Å²) in [6.07, 6.45) is 0. The second-order valence-electron chi connectivity index (χ2n) is 6.06. The van der Waals surface area contributed by atoms with Gasteiger partial charge in [-0.1, -0.05) is 71.8 Å². The molecule has 0 spiro atoms. The summed E-state index contributed by atoms with van der Waals surface area (Å²) in [4.78, 5) is 12.4. The molecule has 0 saturated heterocycles. The number of benzene rings is 3. The number of ether oxygens (including phenoxy) is 1. The Morgan fingerprint density at radius 2 is 1.54 bits per heavy atom. The molecule has 132 valence electrons. The van der Waals surface area contributed by atoms with Gasteiger partial charge < -0.3 is 10.1 Å². The van der Waals surface area contributed by atoms with Gasteiger partial charge in [-0.25, -0.2) is 0 Å². The molecule has 0 heterocycles. The summed E-state index contributed by atoms with van der Waals surface area (Å²) < 4.78 is 5.54. The summed E-state index contributed by atoms with van der Waals surface area (Å²) in [6.45, 7) is 1.98. The fourth-order valence-corrected chi connectivity index (χ4v) is 2.77. The summed E-state index contributed by atoms with van der Waals surface area (Å²) in [7, 11) is 0. The van der Waals surface area contributed by atoms with Crippen LogP contribution in [-0.4, -0.2) is 12.5 Å². The third kappa shape index (κ3) is 4.87. The van der Waals surface area contributed by atoms with Crippen molar-refractivity contribution in [2.45, 2.75) is 13.0 Å². The quantitative estimate of drug-likeness (QED) is 0.672. The monoisotopic (exact) mass is 365 g/mol. The molecule has 1 atom stereocenters. The van der Waals surface area contributed by atoms with Crippen molar-refractivity contribution in [1.82, 2.24) is 5.32 Å². The van der Waals surface area contributed by atoms with Crippen molar-refractivity contribution < 1.29 is 9.53 Å². The lowest BCUT2D eigenvalue weighted by atomic mass is 9.98. The van der Waals surface area contributed by atoms with Crippen LogP contribution in [-0.2, 0) is 4.79 Å². The maximum atomic E-state index is 12.4. The molecular formula is C22H20ClNO2. The van der Waals surface area contributed by atoms with E-state index in [-0.39, 0.29) is 18.6 Å². The molecule has 3 aromatic rings. The molecule has 0 aliphatic carbocycles. The first-order valence-corrected chi connectivity index (χ1v) is 8.79. The van der Waals surface area contributed by atoms with Crippen molar-refractivity contribution in [3.8, 4) is 5.75 Å². The third-order valence-corrected chi connectivity index (χ3v) is 4.28. The van der Waals surface area contributed by atoms with E-state index in [0.717, 1.165) is 11.1 Å². The second-order valence-corrected chi connectivity index (χ2v) is 6.50. The summed E-state index contributed by atoms with van der Waals surface area (Å²) in [6, 6.07) is 24.8. The minimum absolute atomic E-state index is 0.0587. The number of hydrogen-bond acceptors (Lipinski definition) is 2.